The Labute approximate surface area is 162 Å². The van der Waals surface area contributed by atoms with Crippen molar-refractivity contribution in [1.82, 2.24) is 0 Å². The molecule has 4 rings (SSSR count). The molecule has 0 atom stereocenters. The van der Waals surface area contributed by atoms with Gasteiger partial charge in [0.05, 0.1) is 23.5 Å². The Kier molecular flexibility index (Phi) is 4.74. The molecule has 1 aliphatic carbocycles. The molecule has 1 spiro atoms. The number of halogens is 2. The first-order valence-corrected chi connectivity index (χ1v) is 9.96. The summed E-state index contributed by atoms with van der Waals surface area (Å²) < 4.78 is 1.09. The average molecular weight is 419 g/mol. The van der Waals surface area contributed by atoms with Crippen molar-refractivity contribution in [3.8, 4) is 0 Å². The van der Waals surface area contributed by atoms with Gasteiger partial charge in [-0.2, -0.15) is 0 Å². The first-order chi connectivity index (χ1) is 12.2. The standard InChI is InChI=1S/C20H21BrClN3/c21-16-8-5-9-17-18(16)25-20(10-2-1-3-11-20)19(24-17)23-13-14-6-4-7-15(22)12-14/h4-9,12,25H,1-3,10-11,13H2,(H,23,24). The highest BCUT2D eigenvalue weighted by atomic mass is 79.9. The zero-order valence-electron chi connectivity index (χ0n) is 14.0. The SMILES string of the molecule is Clc1cccc(CN=C2Nc3cccc(Br)c3NC23CCCCC3)c1. The van der Waals surface area contributed by atoms with E-state index in [0.717, 1.165) is 45.1 Å². The topological polar surface area (TPSA) is 36.4 Å². The third-order valence-corrected chi connectivity index (χ3v) is 6.00. The molecule has 130 valence electrons. The van der Waals surface area contributed by atoms with E-state index in [1.165, 1.54) is 19.3 Å². The molecule has 1 saturated carbocycles. The highest BCUT2D eigenvalue weighted by Crippen LogP contribution is 2.42. The van der Waals surface area contributed by atoms with Crippen LogP contribution in [0.2, 0.25) is 5.02 Å². The normalized spacial score (nSPS) is 20.0. The van der Waals surface area contributed by atoms with Gasteiger partial charge >= 0.3 is 0 Å². The van der Waals surface area contributed by atoms with Crippen molar-refractivity contribution < 1.29 is 0 Å². The van der Waals surface area contributed by atoms with Gasteiger partial charge in [-0.1, -0.05) is 49.1 Å². The number of fused-ring (bicyclic) bond motifs is 1. The summed E-state index contributed by atoms with van der Waals surface area (Å²) in [5, 5.41) is 8.18. The molecule has 0 bridgehead atoms. The summed E-state index contributed by atoms with van der Waals surface area (Å²) >= 11 is 9.79. The van der Waals surface area contributed by atoms with Gasteiger partial charge in [-0.15, -0.1) is 0 Å². The van der Waals surface area contributed by atoms with E-state index >= 15 is 0 Å². The summed E-state index contributed by atoms with van der Waals surface area (Å²) in [4.78, 5) is 4.97. The van der Waals surface area contributed by atoms with Crippen molar-refractivity contribution in [2.24, 2.45) is 4.99 Å². The van der Waals surface area contributed by atoms with Crippen LogP contribution in [0, 0.1) is 0 Å². The Morgan fingerprint density at radius 3 is 2.68 bits per heavy atom. The summed E-state index contributed by atoms with van der Waals surface area (Å²) in [5.41, 5.74) is 3.27. The van der Waals surface area contributed by atoms with E-state index in [2.05, 4.69) is 44.8 Å². The zero-order chi connectivity index (χ0) is 17.3. The van der Waals surface area contributed by atoms with E-state index in [4.69, 9.17) is 16.6 Å². The van der Waals surface area contributed by atoms with Crippen molar-refractivity contribution in [3.05, 3.63) is 57.5 Å². The van der Waals surface area contributed by atoms with Crippen molar-refractivity contribution in [3.63, 3.8) is 0 Å². The Bertz CT molecular complexity index is 812. The molecule has 2 aromatic rings. The molecule has 1 fully saturated rings. The number of hydrogen-bond donors (Lipinski definition) is 2. The summed E-state index contributed by atoms with van der Waals surface area (Å²) in [6.07, 6.45) is 5.97. The number of rotatable bonds is 2. The summed E-state index contributed by atoms with van der Waals surface area (Å²) in [7, 11) is 0. The Hall–Kier alpha value is -1.52. The van der Waals surface area contributed by atoms with Crippen LogP contribution in [-0.4, -0.2) is 11.4 Å². The van der Waals surface area contributed by atoms with Crippen molar-refractivity contribution in [1.29, 1.82) is 0 Å². The second-order valence-corrected chi connectivity index (χ2v) is 8.14. The van der Waals surface area contributed by atoms with Crippen molar-refractivity contribution in [2.75, 3.05) is 10.6 Å². The lowest BCUT2D eigenvalue weighted by atomic mass is 9.79. The molecule has 0 unspecified atom stereocenters. The smallest absolute Gasteiger partial charge is 0.127 e. The molecule has 0 saturated heterocycles. The van der Waals surface area contributed by atoms with E-state index in [1.807, 2.05) is 24.3 Å². The number of nitrogens with zero attached hydrogens (tertiary/aromatic N) is 1. The van der Waals surface area contributed by atoms with Crippen LogP contribution < -0.4 is 10.6 Å². The van der Waals surface area contributed by atoms with E-state index < -0.39 is 0 Å². The molecule has 25 heavy (non-hydrogen) atoms. The molecule has 3 nitrogen and oxygen atoms in total. The second kappa shape index (κ2) is 7.00. The number of aliphatic imine (C=N–C) groups is 1. The van der Waals surface area contributed by atoms with E-state index in [1.54, 1.807) is 0 Å². The van der Waals surface area contributed by atoms with Crippen LogP contribution in [0.5, 0.6) is 0 Å². The molecular formula is C20H21BrClN3. The molecule has 2 aliphatic rings. The average Bonchev–Trinajstić information content (AvgIpc) is 2.62. The molecule has 0 aromatic heterocycles. The minimum absolute atomic E-state index is 0.0896. The van der Waals surface area contributed by atoms with Crippen LogP contribution in [0.3, 0.4) is 0 Å². The van der Waals surface area contributed by atoms with Gasteiger partial charge in [-0.3, -0.25) is 4.99 Å². The Balaban J connectivity index is 1.69. The van der Waals surface area contributed by atoms with Crippen LogP contribution in [0.4, 0.5) is 11.4 Å². The fourth-order valence-electron chi connectivity index (χ4n) is 3.81. The maximum Gasteiger partial charge on any atom is 0.127 e. The van der Waals surface area contributed by atoms with Crippen LogP contribution >= 0.6 is 27.5 Å². The van der Waals surface area contributed by atoms with Gasteiger partial charge in [-0.25, -0.2) is 0 Å². The lowest BCUT2D eigenvalue weighted by molar-refractivity contribution is 0.402. The number of para-hydroxylation sites is 1. The number of anilines is 2. The molecule has 1 aliphatic heterocycles. The predicted molar refractivity (Wildman–Crippen MR) is 110 cm³/mol. The minimum atomic E-state index is -0.0896. The lowest BCUT2D eigenvalue weighted by Gasteiger charge is -2.44. The quantitative estimate of drug-likeness (QED) is 0.605. The van der Waals surface area contributed by atoms with E-state index in [-0.39, 0.29) is 5.54 Å². The first kappa shape index (κ1) is 16.9. The van der Waals surface area contributed by atoms with Gasteiger partial charge in [-0.05, 0) is 58.6 Å². The van der Waals surface area contributed by atoms with E-state index in [0.29, 0.717) is 6.54 Å². The largest absolute Gasteiger partial charge is 0.370 e. The van der Waals surface area contributed by atoms with E-state index in [9.17, 15) is 0 Å². The third kappa shape index (κ3) is 3.42. The number of benzene rings is 2. The summed E-state index contributed by atoms with van der Waals surface area (Å²) in [5.74, 6) is 1.05. The van der Waals surface area contributed by atoms with Gasteiger partial charge in [0, 0.05) is 9.50 Å². The van der Waals surface area contributed by atoms with Gasteiger partial charge < -0.3 is 10.6 Å². The highest BCUT2D eigenvalue weighted by molar-refractivity contribution is 9.10. The van der Waals surface area contributed by atoms with Crippen LogP contribution in [-0.2, 0) is 6.54 Å². The number of amidine groups is 1. The van der Waals surface area contributed by atoms with Gasteiger partial charge in [0.2, 0.25) is 0 Å². The number of hydrogen-bond acceptors (Lipinski definition) is 2. The first-order valence-electron chi connectivity index (χ1n) is 8.79. The molecule has 2 aromatic carbocycles. The lowest BCUT2D eigenvalue weighted by Crippen LogP contribution is -2.53. The molecule has 0 amide bonds. The number of nitrogens with one attached hydrogen (secondary N) is 2. The second-order valence-electron chi connectivity index (χ2n) is 6.85. The fourth-order valence-corrected chi connectivity index (χ4v) is 4.49. The summed E-state index contributed by atoms with van der Waals surface area (Å²) in [6.45, 7) is 0.635. The molecular weight excluding hydrogens is 398 g/mol. The van der Waals surface area contributed by atoms with Crippen LogP contribution in [0.1, 0.15) is 37.7 Å². The molecule has 2 N–H and O–H groups in total. The maximum atomic E-state index is 6.11. The predicted octanol–water partition coefficient (Wildman–Crippen LogP) is 6.24. The van der Waals surface area contributed by atoms with Crippen molar-refractivity contribution in [2.45, 2.75) is 44.2 Å². The van der Waals surface area contributed by atoms with Gasteiger partial charge in [0.25, 0.3) is 0 Å². The molecule has 1 heterocycles. The monoisotopic (exact) mass is 417 g/mol. The Morgan fingerprint density at radius 1 is 1.08 bits per heavy atom. The fraction of sp³-hybridized carbons (Fsp3) is 0.350. The van der Waals surface area contributed by atoms with Crippen LogP contribution in [0.25, 0.3) is 0 Å². The van der Waals surface area contributed by atoms with Crippen molar-refractivity contribution >= 4 is 44.7 Å². The third-order valence-electron chi connectivity index (χ3n) is 5.10. The zero-order valence-corrected chi connectivity index (χ0v) is 16.3. The minimum Gasteiger partial charge on any atom is -0.370 e. The Morgan fingerprint density at radius 2 is 1.88 bits per heavy atom. The van der Waals surface area contributed by atoms with Gasteiger partial charge in [0.1, 0.15) is 5.84 Å². The summed E-state index contributed by atoms with van der Waals surface area (Å²) in [6, 6.07) is 14.2. The highest BCUT2D eigenvalue weighted by Gasteiger charge is 2.41. The molecule has 5 heteroatoms. The maximum absolute atomic E-state index is 6.11. The molecule has 0 radical (unpaired) electrons. The van der Waals surface area contributed by atoms with Crippen LogP contribution in [0.15, 0.2) is 51.9 Å². The van der Waals surface area contributed by atoms with Gasteiger partial charge in [0.15, 0.2) is 0 Å².